The van der Waals surface area contributed by atoms with Gasteiger partial charge in [0.15, 0.2) is 0 Å². The predicted octanol–water partition coefficient (Wildman–Crippen LogP) is 1.48. The zero-order valence-corrected chi connectivity index (χ0v) is 6.49. The molecule has 1 nitrogen and oxygen atoms in total. The summed E-state index contributed by atoms with van der Waals surface area (Å²) in [6.45, 7) is 0. The Labute approximate surface area is 66.2 Å². The van der Waals surface area contributed by atoms with E-state index in [1.165, 1.54) is 19.3 Å². The number of rotatable bonds is 0. The molecule has 6 atom stereocenters. The summed E-state index contributed by atoms with van der Waals surface area (Å²) in [5.41, 5.74) is 0. The van der Waals surface area contributed by atoms with Gasteiger partial charge in [-0.3, -0.25) is 4.79 Å². The quantitative estimate of drug-likeness (QED) is 0.508. The van der Waals surface area contributed by atoms with Crippen LogP contribution in [0.15, 0.2) is 0 Å². The normalized spacial score (nSPS) is 68.9. The van der Waals surface area contributed by atoms with Gasteiger partial charge in [-0.2, -0.15) is 0 Å². The van der Waals surface area contributed by atoms with Crippen LogP contribution in [-0.2, 0) is 4.79 Å². The second kappa shape index (κ2) is 1.30. The first-order valence-corrected chi connectivity index (χ1v) is 4.90. The number of Topliss-reactive ketones (excluding diaryl/α,β-unsaturated/α-hetero) is 1. The van der Waals surface area contributed by atoms with Gasteiger partial charge in [-0.05, 0) is 42.9 Å². The third kappa shape index (κ3) is 0.502. The lowest BCUT2D eigenvalue weighted by Gasteiger charge is -1.92. The molecule has 0 spiro atoms. The van der Waals surface area contributed by atoms with E-state index in [4.69, 9.17) is 0 Å². The molecule has 0 unspecified atom stereocenters. The Hall–Kier alpha value is -0.330. The highest BCUT2D eigenvalue weighted by Gasteiger charge is 2.68. The van der Waals surface area contributed by atoms with Gasteiger partial charge in [-0.15, -0.1) is 0 Å². The Morgan fingerprint density at radius 2 is 1.36 bits per heavy atom. The average Bonchev–Trinajstić information content (AvgIpc) is 2.81. The summed E-state index contributed by atoms with van der Waals surface area (Å²) in [6, 6.07) is 0. The third-order valence-corrected chi connectivity index (χ3v) is 4.40. The van der Waals surface area contributed by atoms with Crippen molar-refractivity contribution in [3.05, 3.63) is 0 Å². The minimum atomic E-state index is 0.558. The molecule has 0 heterocycles. The molecule has 0 aliphatic heterocycles. The van der Waals surface area contributed by atoms with E-state index in [1.54, 1.807) is 0 Å². The zero-order chi connectivity index (χ0) is 7.16. The zero-order valence-electron chi connectivity index (χ0n) is 6.49. The van der Waals surface area contributed by atoms with Gasteiger partial charge in [0.25, 0.3) is 0 Å². The summed E-state index contributed by atoms with van der Waals surface area (Å²) in [5.74, 6) is 5.56. The molecule has 0 aromatic rings. The highest BCUT2D eigenvalue weighted by Crippen LogP contribution is 2.71. The van der Waals surface area contributed by atoms with Crippen molar-refractivity contribution in [1.82, 2.24) is 0 Å². The summed E-state index contributed by atoms with van der Waals surface area (Å²) in [6.07, 6.45) is 4.02. The number of carbonyl (C=O) groups is 1. The first-order chi connectivity index (χ1) is 5.36. The molecule has 4 aliphatic rings. The lowest BCUT2D eigenvalue weighted by Crippen LogP contribution is -2.05. The molecule has 1 heteroatoms. The van der Waals surface area contributed by atoms with Crippen LogP contribution in [0.3, 0.4) is 0 Å². The van der Waals surface area contributed by atoms with Crippen molar-refractivity contribution in [1.29, 1.82) is 0 Å². The monoisotopic (exact) mass is 148 g/mol. The van der Waals surface area contributed by atoms with Crippen LogP contribution >= 0.6 is 0 Å². The van der Waals surface area contributed by atoms with Gasteiger partial charge in [0, 0.05) is 11.8 Å². The summed E-state index contributed by atoms with van der Waals surface area (Å²) >= 11 is 0. The van der Waals surface area contributed by atoms with Crippen LogP contribution in [0.4, 0.5) is 0 Å². The molecule has 11 heavy (non-hydrogen) atoms. The van der Waals surface area contributed by atoms with Crippen LogP contribution in [-0.4, -0.2) is 5.78 Å². The predicted molar refractivity (Wildman–Crippen MR) is 39.8 cm³/mol. The summed E-state index contributed by atoms with van der Waals surface area (Å²) in [7, 11) is 0. The summed E-state index contributed by atoms with van der Waals surface area (Å²) in [4.78, 5) is 11.6. The minimum Gasteiger partial charge on any atom is -0.299 e. The number of fused-ring (bicyclic) bond motifs is 5. The van der Waals surface area contributed by atoms with Crippen LogP contribution in [0, 0.1) is 35.5 Å². The number of carbonyl (C=O) groups excluding carboxylic acids is 1. The Bertz CT molecular complexity index is 234. The van der Waals surface area contributed by atoms with E-state index in [2.05, 4.69) is 0 Å². The number of hydrogen-bond acceptors (Lipinski definition) is 1. The fraction of sp³-hybridized carbons (Fsp3) is 0.900. The van der Waals surface area contributed by atoms with E-state index < -0.39 is 0 Å². The maximum absolute atomic E-state index is 11.6. The SMILES string of the molecule is O=C1[C@H]2C[C@@H]2[C@H]2C[C@H]2[C@H]2C[C@@H]12. The van der Waals surface area contributed by atoms with Crippen molar-refractivity contribution < 1.29 is 4.79 Å². The van der Waals surface area contributed by atoms with Crippen molar-refractivity contribution in [2.45, 2.75) is 19.3 Å². The van der Waals surface area contributed by atoms with Gasteiger partial charge in [-0.25, -0.2) is 0 Å². The first-order valence-electron chi connectivity index (χ1n) is 4.90. The second-order valence-corrected chi connectivity index (χ2v) is 4.98. The lowest BCUT2D eigenvalue weighted by atomic mass is 10.1. The van der Waals surface area contributed by atoms with Crippen LogP contribution in [0.2, 0.25) is 0 Å². The second-order valence-electron chi connectivity index (χ2n) is 4.98. The van der Waals surface area contributed by atoms with Crippen LogP contribution in [0.1, 0.15) is 19.3 Å². The van der Waals surface area contributed by atoms with E-state index in [9.17, 15) is 4.79 Å². The van der Waals surface area contributed by atoms with Crippen molar-refractivity contribution in [2.24, 2.45) is 35.5 Å². The molecule has 0 amide bonds. The molecule has 0 radical (unpaired) electrons. The van der Waals surface area contributed by atoms with Crippen molar-refractivity contribution in [2.75, 3.05) is 0 Å². The minimum absolute atomic E-state index is 0.558. The van der Waals surface area contributed by atoms with Crippen LogP contribution < -0.4 is 0 Å². The Morgan fingerprint density at radius 1 is 0.818 bits per heavy atom. The van der Waals surface area contributed by atoms with E-state index in [0.717, 1.165) is 23.7 Å². The average molecular weight is 148 g/mol. The fourth-order valence-corrected chi connectivity index (χ4v) is 3.53. The summed E-state index contributed by atoms with van der Waals surface area (Å²) < 4.78 is 0. The Balaban J connectivity index is 1.77. The third-order valence-electron chi connectivity index (χ3n) is 4.40. The largest absolute Gasteiger partial charge is 0.299 e. The standard InChI is InChI=1S/C10H12O/c11-10-8-2-6(8)4-1-5(4)7-3-9(7)10/h4-9H,1-3H2/t4-,5+,6-,7-,8-,9+/m1/s1. The molecule has 0 aromatic carbocycles. The highest BCUT2D eigenvalue weighted by molar-refractivity contribution is 5.89. The smallest absolute Gasteiger partial charge is 0.139 e. The van der Waals surface area contributed by atoms with Gasteiger partial charge in [0.05, 0.1) is 0 Å². The molecular formula is C10H12O. The Kier molecular flexibility index (Phi) is 0.630. The number of ketones is 1. The van der Waals surface area contributed by atoms with Gasteiger partial charge >= 0.3 is 0 Å². The van der Waals surface area contributed by atoms with E-state index in [1.807, 2.05) is 0 Å². The summed E-state index contributed by atoms with van der Waals surface area (Å²) in [5, 5.41) is 0. The highest BCUT2D eigenvalue weighted by atomic mass is 16.1. The van der Waals surface area contributed by atoms with E-state index in [0.29, 0.717) is 17.6 Å². The maximum Gasteiger partial charge on any atom is 0.139 e. The van der Waals surface area contributed by atoms with E-state index >= 15 is 0 Å². The number of hydrogen-bond donors (Lipinski definition) is 0. The molecule has 0 N–H and O–H groups in total. The van der Waals surface area contributed by atoms with Crippen molar-refractivity contribution in [3.8, 4) is 0 Å². The van der Waals surface area contributed by atoms with Crippen LogP contribution in [0.25, 0.3) is 0 Å². The fourth-order valence-electron chi connectivity index (χ4n) is 3.53. The molecule has 4 rings (SSSR count). The van der Waals surface area contributed by atoms with Gasteiger partial charge in [0.2, 0.25) is 0 Å². The van der Waals surface area contributed by atoms with Gasteiger partial charge in [-0.1, -0.05) is 0 Å². The lowest BCUT2D eigenvalue weighted by molar-refractivity contribution is -0.121. The van der Waals surface area contributed by atoms with E-state index in [-0.39, 0.29) is 0 Å². The Morgan fingerprint density at radius 3 is 1.91 bits per heavy atom. The van der Waals surface area contributed by atoms with Crippen molar-refractivity contribution in [3.63, 3.8) is 0 Å². The maximum atomic E-state index is 11.6. The molecule has 4 saturated carbocycles. The molecule has 0 saturated heterocycles. The molecule has 58 valence electrons. The molecule has 0 aromatic heterocycles. The molecule has 0 bridgehead atoms. The van der Waals surface area contributed by atoms with Crippen LogP contribution in [0.5, 0.6) is 0 Å². The topological polar surface area (TPSA) is 17.1 Å². The molecule has 4 fully saturated rings. The first kappa shape index (κ1) is 5.34. The molecular weight excluding hydrogens is 136 g/mol. The van der Waals surface area contributed by atoms with Gasteiger partial charge < -0.3 is 0 Å². The molecule has 4 aliphatic carbocycles. The van der Waals surface area contributed by atoms with Gasteiger partial charge in [0.1, 0.15) is 5.78 Å². The van der Waals surface area contributed by atoms with Crippen molar-refractivity contribution >= 4 is 5.78 Å².